The van der Waals surface area contributed by atoms with Gasteiger partial charge in [0.25, 0.3) is 0 Å². The lowest BCUT2D eigenvalue weighted by atomic mass is 9.71. The number of fused-ring (bicyclic) bond motifs is 3. The quantitative estimate of drug-likeness (QED) is 0.369. The molecule has 0 fully saturated rings. The van der Waals surface area contributed by atoms with Gasteiger partial charge in [0.1, 0.15) is 0 Å². The van der Waals surface area contributed by atoms with Crippen LogP contribution in [-0.2, 0) is 28.9 Å². The molecule has 0 saturated heterocycles. The molecule has 7 heteroatoms. The molecule has 3 aromatic carbocycles. The van der Waals surface area contributed by atoms with Crippen molar-refractivity contribution in [2.24, 2.45) is 5.41 Å². The highest BCUT2D eigenvalue weighted by Crippen LogP contribution is 2.57. The van der Waals surface area contributed by atoms with E-state index in [9.17, 15) is 18.0 Å². The molecule has 6 nitrogen and oxygen atoms in total. The lowest BCUT2D eigenvalue weighted by Crippen LogP contribution is -2.44. The number of ether oxygens (including phenoxy) is 2. The van der Waals surface area contributed by atoms with E-state index in [0.717, 1.165) is 22.3 Å². The zero-order valence-corrected chi connectivity index (χ0v) is 20.7. The molecule has 0 spiro atoms. The summed E-state index contributed by atoms with van der Waals surface area (Å²) < 4.78 is 38.4. The van der Waals surface area contributed by atoms with Gasteiger partial charge in [-0.3, -0.25) is 9.59 Å². The number of esters is 2. The van der Waals surface area contributed by atoms with Crippen LogP contribution < -0.4 is 0 Å². The Morgan fingerprint density at radius 2 is 1.19 bits per heavy atom. The summed E-state index contributed by atoms with van der Waals surface area (Å²) >= 11 is 0. The smallest absolute Gasteiger partial charge is 0.323 e. The average Bonchev–Trinajstić information content (AvgIpc) is 3.26. The first kappa shape index (κ1) is 23.8. The molecule has 0 N–H and O–H groups in total. The molecule has 3 aromatic rings. The second-order valence-corrected chi connectivity index (χ2v) is 10.8. The second kappa shape index (κ2) is 8.91. The van der Waals surface area contributed by atoms with Gasteiger partial charge in [-0.15, -0.1) is 0 Å². The van der Waals surface area contributed by atoms with Crippen LogP contribution in [0.3, 0.4) is 0 Å². The van der Waals surface area contributed by atoms with E-state index < -0.39 is 27.2 Å². The minimum atomic E-state index is -4.09. The largest absolute Gasteiger partial charge is 0.468 e. The molecule has 0 heterocycles. The molecule has 0 aromatic heterocycles. The van der Waals surface area contributed by atoms with E-state index in [0.29, 0.717) is 11.1 Å². The third-order valence-corrected chi connectivity index (χ3v) is 8.77. The predicted molar refractivity (Wildman–Crippen MR) is 135 cm³/mol. The van der Waals surface area contributed by atoms with Gasteiger partial charge in [-0.1, -0.05) is 72.8 Å². The Bertz CT molecular complexity index is 1520. The molecule has 36 heavy (non-hydrogen) atoms. The van der Waals surface area contributed by atoms with Crippen molar-refractivity contribution in [1.29, 1.82) is 0 Å². The maximum absolute atomic E-state index is 14.1. The van der Waals surface area contributed by atoms with Gasteiger partial charge in [-0.05, 0) is 40.0 Å². The lowest BCUT2D eigenvalue weighted by molar-refractivity contribution is -0.169. The Balaban J connectivity index is 1.92. The van der Waals surface area contributed by atoms with E-state index in [-0.39, 0.29) is 22.6 Å². The van der Waals surface area contributed by atoms with Crippen molar-refractivity contribution in [2.75, 3.05) is 14.2 Å². The van der Waals surface area contributed by atoms with Gasteiger partial charge in [-0.25, -0.2) is 8.42 Å². The van der Waals surface area contributed by atoms with Crippen molar-refractivity contribution in [2.45, 2.75) is 17.7 Å². The molecule has 5 rings (SSSR count). The fourth-order valence-electron chi connectivity index (χ4n) is 5.26. The van der Waals surface area contributed by atoms with Crippen LogP contribution in [0.2, 0.25) is 0 Å². The number of rotatable bonds is 5. The van der Waals surface area contributed by atoms with Crippen molar-refractivity contribution in [3.8, 4) is 0 Å². The van der Waals surface area contributed by atoms with E-state index in [1.165, 1.54) is 26.4 Å². The summed E-state index contributed by atoms with van der Waals surface area (Å²) in [6, 6.07) is 25.1. The number of hydrogen-bond donors (Lipinski definition) is 0. The Labute approximate surface area is 209 Å². The SMILES string of the molecule is COC(=O)C1(C(=O)OC)CC2=C(c3ccccc3)c3ccccc3C2=C(S(=O)(=O)c2ccccc2)C1. The Hall–Kier alpha value is -3.97. The summed E-state index contributed by atoms with van der Waals surface area (Å²) in [5.74, 6) is -1.66. The summed E-state index contributed by atoms with van der Waals surface area (Å²) in [4.78, 5) is 26.6. The highest BCUT2D eigenvalue weighted by atomic mass is 32.2. The molecule has 0 atom stereocenters. The monoisotopic (exact) mass is 500 g/mol. The first-order chi connectivity index (χ1) is 17.3. The van der Waals surface area contributed by atoms with Gasteiger partial charge in [0.15, 0.2) is 5.41 Å². The zero-order chi connectivity index (χ0) is 25.5. The van der Waals surface area contributed by atoms with Crippen LogP contribution >= 0.6 is 0 Å². The summed E-state index contributed by atoms with van der Waals surface area (Å²) in [6.07, 6.45) is -0.410. The Kier molecular flexibility index (Phi) is 5.88. The number of carbonyl (C=O) groups excluding carboxylic acids is 2. The van der Waals surface area contributed by atoms with Crippen molar-refractivity contribution in [3.05, 3.63) is 112 Å². The van der Waals surface area contributed by atoms with Crippen LogP contribution in [0.5, 0.6) is 0 Å². The summed E-state index contributed by atoms with van der Waals surface area (Å²) in [6.45, 7) is 0. The van der Waals surface area contributed by atoms with E-state index in [2.05, 4.69) is 0 Å². The van der Waals surface area contributed by atoms with Crippen LogP contribution in [-0.4, -0.2) is 34.6 Å². The van der Waals surface area contributed by atoms with Crippen LogP contribution in [0.4, 0.5) is 0 Å². The van der Waals surface area contributed by atoms with Crippen LogP contribution in [0.15, 0.2) is 100 Å². The molecular weight excluding hydrogens is 476 g/mol. The summed E-state index contributed by atoms with van der Waals surface area (Å²) in [5, 5.41) is 0. The minimum absolute atomic E-state index is 0.00383. The second-order valence-electron chi connectivity index (χ2n) is 8.80. The van der Waals surface area contributed by atoms with Crippen LogP contribution in [0.1, 0.15) is 29.5 Å². The highest BCUT2D eigenvalue weighted by molar-refractivity contribution is 7.95. The third-order valence-electron chi connectivity index (χ3n) is 6.88. The first-order valence-corrected chi connectivity index (χ1v) is 12.9. The normalized spacial score (nSPS) is 16.3. The standard InChI is InChI=1S/C29H24O6S/c1-34-27(30)29(28(31)35-2)17-23-25(19-11-5-3-6-12-19)21-15-9-10-16-22(21)26(23)24(18-29)36(32,33)20-13-7-4-8-14-20/h3-16H,17-18H2,1-2H3. The molecule has 0 bridgehead atoms. The number of methoxy groups -OCH3 is 2. The number of sulfone groups is 1. The first-order valence-electron chi connectivity index (χ1n) is 11.4. The fraction of sp³-hybridized carbons (Fsp3) is 0.172. The molecule has 0 amide bonds. The van der Waals surface area contributed by atoms with Crippen molar-refractivity contribution in [3.63, 3.8) is 0 Å². The maximum atomic E-state index is 14.1. The van der Waals surface area contributed by atoms with E-state index in [1.807, 2.05) is 54.6 Å². The fourth-order valence-corrected chi connectivity index (χ4v) is 7.00. The predicted octanol–water partition coefficient (Wildman–Crippen LogP) is 4.81. The summed E-state index contributed by atoms with van der Waals surface area (Å²) in [7, 11) is -1.71. The minimum Gasteiger partial charge on any atom is -0.468 e. The molecule has 2 aliphatic carbocycles. The molecule has 2 aliphatic rings. The maximum Gasteiger partial charge on any atom is 0.323 e. The molecule has 182 valence electrons. The number of benzene rings is 3. The third kappa shape index (κ3) is 3.50. The highest BCUT2D eigenvalue weighted by Gasteiger charge is 2.56. The molecule has 0 radical (unpaired) electrons. The van der Waals surface area contributed by atoms with Crippen LogP contribution in [0.25, 0.3) is 11.1 Å². The average molecular weight is 501 g/mol. The topological polar surface area (TPSA) is 86.7 Å². The number of hydrogen-bond acceptors (Lipinski definition) is 6. The summed E-state index contributed by atoms with van der Waals surface area (Å²) in [5.41, 5.74) is 2.55. The Morgan fingerprint density at radius 1 is 0.694 bits per heavy atom. The van der Waals surface area contributed by atoms with Gasteiger partial charge in [0.2, 0.25) is 9.84 Å². The molecule has 0 saturated carbocycles. The van der Waals surface area contributed by atoms with Crippen molar-refractivity contribution < 1.29 is 27.5 Å². The van der Waals surface area contributed by atoms with E-state index >= 15 is 0 Å². The van der Waals surface area contributed by atoms with Crippen LogP contribution in [0, 0.1) is 5.41 Å². The van der Waals surface area contributed by atoms with Crippen molar-refractivity contribution >= 4 is 32.9 Å². The van der Waals surface area contributed by atoms with E-state index in [4.69, 9.17) is 9.47 Å². The number of allylic oxidation sites excluding steroid dienone is 3. The van der Waals surface area contributed by atoms with Gasteiger partial charge >= 0.3 is 11.9 Å². The Morgan fingerprint density at radius 3 is 1.75 bits per heavy atom. The number of carbonyl (C=O) groups is 2. The van der Waals surface area contributed by atoms with Gasteiger partial charge in [0, 0.05) is 18.4 Å². The molecule has 0 aliphatic heterocycles. The van der Waals surface area contributed by atoms with Gasteiger partial charge in [-0.2, -0.15) is 0 Å². The molecule has 0 unspecified atom stereocenters. The molecular formula is C29H24O6S. The lowest BCUT2D eigenvalue weighted by Gasteiger charge is -2.35. The van der Waals surface area contributed by atoms with Gasteiger partial charge in [0.05, 0.1) is 24.0 Å². The van der Waals surface area contributed by atoms with Crippen molar-refractivity contribution in [1.82, 2.24) is 0 Å². The zero-order valence-electron chi connectivity index (χ0n) is 19.9. The van der Waals surface area contributed by atoms with Gasteiger partial charge < -0.3 is 9.47 Å². The van der Waals surface area contributed by atoms with E-state index in [1.54, 1.807) is 18.2 Å².